The Hall–Kier alpha value is -3.45. The molecule has 0 bridgehead atoms. The molecule has 0 aromatic heterocycles. The summed E-state index contributed by atoms with van der Waals surface area (Å²) in [7, 11) is 0. The van der Waals surface area contributed by atoms with Crippen LogP contribution in [-0.2, 0) is 53.0 Å². The van der Waals surface area contributed by atoms with E-state index in [0.29, 0.717) is 105 Å². The lowest BCUT2D eigenvalue weighted by molar-refractivity contribution is -0.140. The highest BCUT2D eigenvalue weighted by molar-refractivity contribution is 5.86. The molecule has 0 aliphatic carbocycles. The van der Waals surface area contributed by atoms with E-state index in [9.17, 15) is 4.79 Å². The van der Waals surface area contributed by atoms with Gasteiger partial charge in [-0.1, -0.05) is 97.6 Å². The number of hydrogen-bond acceptors (Lipinski definition) is 10. The third kappa shape index (κ3) is 15.8. The van der Waals surface area contributed by atoms with E-state index in [0.717, 1.165) is 16.7 Å². The van der Waals surface area contributed by atoms with Gasteiger partial charge in [0.15, 0.2) is 0 Å². The summed E-state index contributed by atoms with van der Waals surface area (Å²) in [5, 5.41) is 0. The van der Waals surface area contributed by atoms with Crippen LogP contribution in [0, 0.1) is 0 Å². The fourth-order valence-corrected chi connectivity index (χ4v) is 4.76. The Morgan fingerprint density at radius 3 is 1.00 bits per heavy atom. The van der Waals surface area contributed by atoms with Crippen LogP contribution >= 0.6 is 0 Å². The molecule has 0 atom stereocenters. The van der Waals surface area contributed by atoms with Crippen molar-refractivity contribution >= 4 is 5.97 Å². The van der Waals surface area contributed by atoms with Gasteiger partial charge < -0.3 is 42.6 Å². The molecule has 49 heavy (non-hydrogen) atoms. The van der Waals surface area contributed by atoms with E-state index in [2.05, 4.69) is 43.0 Å². The zero-order chi connectivity index (χ0) is 34.7. The number of carbonyl (C=O) groups excluding carboxylic acids is 1. The van der Waals surface area contributed by atoms with Gasteiger partial charge in [0.05, 0.1) is 99.1 Å². The van der Waals surface area contributed by atoms with Crippen molar-refractivity contribution in [2.45, 2.75) is 12.5 Å². The Balaban J connectivity index is 1.14. The largest absolute Gasteiger partial charge is 0.460 e. The molecule has 0 N–H and O–H groups in total. The van der Waals surface area contributed by atoms with E-state index in [1.807, 2.05) is 54.6 Å². The molecule has 3 aromatic rings. The molecule has 268 valence electrons. The third-order valence-electron chi connectivity index (χ3n) is 7.13. The molecule has 0 radical (unpaired) electrons. The summed E-state index contributed by atoms with van der Waals surface area (Å²) < 4.78 is 50.4. The maximum atomic E-state index is 11.2. The molecule has 0 saturated carbocycles. The van der Waals surface area contributed by atoms with Crippen LogP contribution in [0.4, 0.5) is 0 Å². The molecule has 10 nitrogen and oxygen atoms in total. The third-order valence-corrected chi connectivity index (χ3v) is 7.13. The monoisotopic (exact) mass is 680 g/mol. The average molecular weight is 681 g/mol. The van der Waals surface area contributed by atoms with Gasteiger partial charge in [0, 0.05) is 5.57 Å². The summed E-state index contributed by atoms with van der Waals surface area (Å²) in [5.74, 6) is -0.412. The summed E-state index contributed by atoms with van der Waals surface area (Å²) in [5.41, 5.74) is 2.81. The van der Waals surface area contributed by atoms with Crippen molar-refractivity contribution in [2.75, 3.05) is 106 Å². The highest BCUT2D eigenvalue weighted by Gasteiger charge is 2.37. The number of hydrogen-bond donors (Lipinski definition) is 0. The minimum atomic E-state index is -0.754. The maximum absolute atomic E-state index is 11.2. The SMILES string of the molecule is C=C(C)C(=O)OCCOCCOCCOCCOCCOCCOCCOCCOC(c1ccccc1)(c1ccccc1)c1ccccc1. The van der Waals surface area contributed by atoms with Crippen molar-refractivity contribution in [1.82, 2.24) is 0 Å². The highest BCUT2D eigenvalue weighted by atomic mass is 16.6. The summed E-state index contributed by atoms with van der Waals surface area (Å²) in [6, 6.07) is 30.9. The first-order valence-corrected chi connectivity index (χ1v) is 16.8. The smallest absolute Gasteiger partial charge is 0.333 e. The molecule has 0 saturated heterocycles. The summed E-state index contributed by atoms with van der Waals surface area (Å²) in [4.78, 5) is 11.2. The fourth-order valence-electron chi connectivity index (χ4n) is 4.76. The fraction of sp³-hybridized carbons (Fsp3) is 0.462. The van der Waals surface area contributed by atoms with E-state index < -0.39 is 11.6 Å². The average Bonchev–Trinajstić information content (AvgIpc) is 3.14. The normalized spacial score (nSPS) is 11.4. The topological polar surface area (TPSA) is 100 Å². The predicted molar refractivity (Wildman–Crippen MR) is 187 cm³/mol. The van der Waals surface area contributed by atoms with Crippen LogP contribution in [0.5, 0.6) is 0 Å². The predicted octanol–water partition coefficient (Wildman–Crippen LogP) is 5.23. The molecule has 3 rings (SSSR count). The second-order valence-corrected chi connectivity index (χ2v) is 10.8. The number of carbonyl (C=O) groups is 1. The van der Waals surface area contributed by atoms with Crippen molar-refractivity contribution in [3.63, 3.8) is 0 Å². The highest BCUT2D eigenvalue weighted by Crippen LogP contribution is 2.40. The van der Waals surface area contributed by atoms with Gasteiger partial charge in [0.1, 0.15) is 12.2 Å². The Morgan fingerprint density at radius 2 is 0.714 bits per heavy atom. The van der Waals surface area contributed by atoms with E-state index >= 15 is 0 Å². The molecule has 10 heteroatoms. The van der Waals surface area contributed by atoms with Gasteiger partial charge >= 0.3 is 5.97 Å². The molecule has 0 fully saturated rings. The second kappa shape index (κ2) is 25.5. The molecule has 0 amide bonds. The standard InChI is InChI=1S/C39H52O10/c1-34(2)38(40)48-32-30-46-28-26-44-24-22-42-20-18-41-19-21-43-23-25-45-27-29-47-31-33-49-39(35-12-6-3-7-13-35,36-14-8-4-9-15-36)37-16-10-5-11-17-37/h3-17H,1,18-33H2,2H3. The van der Waals surface area contributed by atoms with Gasteiger partial charge in [-0.15, -0.1) is 0 Å². The quantitative estimate of drug-likeness (QED) is 0.0420. The molecule has 0 heterocycles. The van der Waals surface area contributed by atoms with Gasteiger partial charge in [0.25, 0.3) is 0 Å². The second-order valence-electron chi connectivity index (χ2n) is 10.8. The number of esters is 1. The van der Waals surface area contributed by atoms with Crippen molar-refractivity contribution < 1.29 is 47.4 Å². The lowest BCUT2D eigenvalue weighted by Crippen LogP contribution is -2.34. The van der Waals surface area contributed by atoms with Crippen LogP contribution in [0.15, 0.2) is 103 Å². The van der Waals surface area contributed by atoms with E-state index in [4.69, 9.17) is 42.6 Å². The lowest BCUT2D eigenvalue weighted by Gasteiger charge is -2.36. The van der Waals surface area contributed by atoms with Gasteiger partial charge in [-0.05, 0) is 23.6 Å². The molecule has 0 spiro atoms. The molecule has 3 aromatic carbocycles. The molecular weight excluding hydrogens is 628 g/mol. The number of rotatable bonds is 29. The minimum absolute atomic E-state index is 0.198. The molecule has 0 unspecified atom stereocenters. The van der Waals surface area contributed by atoms with Crippen LogP contribution in [0.2, 0.25) is 0 Å². The molecule has 0 aliphatic rings. The Kier molecular flexibility index (Phi) is 20.8. The van der Waals surface area contributed by atoms with Crippen molar-refractivity contribution in [3.05, 3.63) is 120 Å². The molecule has 0 aliphatic heterocycles. The van der Waals surface area contributed by atoms with Crippen molar-refractivity contribution in [3.8, 4) is 0 Å². The van der Waals surface area contributed by atoms with E-state index in [1.165, 1.54) is 0 Å². The van der Waals surface area contributed by atoms with Gasteiger partial charge in [-0.2, -0.15) is 0 Å². The zero-order valence-electron chi connectivity index (χ0n) is 28.8. The summed E-state index contributed by atoms with van der Waals surface area (Å²) in [6.07, 6.45) is 0. The zero-order valence-corrected chi connectivity index (χ0v) is 28.8. The van der Waals surface area contributed by atoms with Crippen molar-refractivity contribution in [2.24, 2.45) is 0 Å². The lowest BCUT2D eigenvalue weighted by atomic mass is 9.80. The van der Waals surface area contributed by atoms with Crippen LogP contribution in [0.3, 0.4) is 0 Å². The number of ether oxygens (including phenoxy) is 9. The first-order chi connectivity index (χ1) is 24.1. The Bertz CT molecular complexity index is 1160. The van der Waals surface area contributed by atoms with Crippen LogP contribution < -0.4 is 0 Å². The van der Waals surface area contributed by atoms with Crippen LogP contribution in [0.1, 0.15) is 23.6 Å². The first kappa shape index (κ1) is 40.0. The maximum Gasteiger partial charge on any atom is 0.333 e. The van der Waals surface area contributed by atoms with Gasteiger partial charge in [0.2, 0.25) is 0 Å². The Labute approximate surface area is 291 Å². The van der Waals surface area contributed by atoms with Gasteiger partial charge in [-0.25, -0.2) is 4.79 Å². The van der Waals surface area contributed by atoms with E-state index in [-0.39, 0.29) is 6.61 Å². The minimum Gasteiger partial charge on any atom is -0.460 e. The summed E-state index contributed by atoms with van der Waals surface area (Å²) in [6.45, 7) is 12.1. The van der Waals surface area contributed by atoms with E-state index in [1.54, 1.807) is 6.92 Å². The van der Waals surface area contributed by atoms with Crippen LogP contribution in [-0.4, -0.2) is 112 Å². The summed E-state index contributed by atoms with van der Waals surface area (Å²) >= 11 is 0. The van der Waals surface area contributed by atoms with Crippen molar-refractivity contribution in [1.29, 1.82) is 0 Å². The Morgan fingerprint density at radius 1 is 0.449 bits per heavy atom. The first-order valence-electron chi connectivity index (χ1n) is 16.8. The number of benzene rings is 3. The van der Waals surface area contributed by atoms with Gasteiger partial charge in [-0.3, -0.25) is 0 Å². The molecular formula is C39H52O10. The van der Waals surface area contributed by atoms with Crippen LogP contribution in [0.25, 0.3) is 0 Å².